The molecule has 0 bridgehead atoms. The summed E-state index contributed by atoms with van der Waals surface area (Å²) in [7, 11) is 1.63. The molecule has 1 aromatic rings. The molecule has 0 aliphatic heterocycles. The maximum atomic E-state index is 11.5. The van der Waals surface area contributed by atoms with Crippen molar-refractivity contribution in [2.24, 2.45) is 16.5 Å². The minimum absolute atomic E-state index is 0.123. The molecule has 0 spiro atoms. The summed E-state index contributed by atoms with van der Waals surface area (Å²) in [6, 6.07) is 7.43. The molecule has 1 aromatic carbocycles. The van der Waals surface area contributed by atoms with Crippen molar-refractivity contribution in [2.75, 3.05) is 7.05 Å². The maximum absolute atomic E-state index is 11.5. The zero-order valence-electron chi connectivity index (χ0n) is 15.1. The lowest BCUT2D eigenvalue weighted by Crippen LogP contribution is -2.24. The molecule has 0 fully saturated rings. The molecular weight excluding hydrogens is 338 g/mol. The molecule has 140 valence electrons. The zero-order valence-corrected chi connectivity index (χ0v) is 16.0. The fraction of sp³-hybridized carbons (Fsp3) is 0.353. The maximum Gasteiger partial charge on any atom is 0.230 e. The number of hydrogen-bond acceptors (Lipinski definition) is 5. The summed E-state index contributed by atoms with van der Waals surface area (Å²) in [5.41, 5.74) is 12.1. The van der Waals surface area contributed by atoms with Gasteiger partial charge in [-0.1, -0.05) is 57.5 Å². The lowest BCUT2D eigenvalue weighted by molar-refractivity contribution is -0.125. The number of benzene rings is 1. The lowest BCUT2D eigenvalue weighted by atomic mass is 10.1. The molecule has 0 radical (unpaired) electrons. The quantitative estimate of drug-likeness (QED) is 0.297. The molecule has 0 unspecified atom stereocenters. The Morgan fingerprint density at radius 2 is 1.68 bits per heavy atom. The van der Waals surface area contributed by atoms with Gasteiger partial charge in [0.25, 0.3) is 0 Å². The van der Waals surface area contributed by atoms with Crippen LogP contribution in [-0.4, -0.2) is 24.7 Å². The van der Waals surface area contributed by atoms with Crippen LogP contribution >= 0.6 is 12.8 Å². The van der Waals surface area contributed by atoms with E-state index >= 15 is 0 Å². The van der Waals surface area contributed by atoms with E-state index in [1.165, 1.54) is 6.20 Å². The van der Waals surface area contributed by atoms with Crippen molar-refractivity contribution in [1.82, 2.24) is 10.0 Å². The van der Waals surface area contributed by atoms with Gasteiger partial charge in [-0.05, 0) is 11.8 Å². The van der Waals surface area contributed by atoms with Gasteiger partial charge in [-0.3, -0.25) is 14.6 Å². The molecule has 0 heterocycles. The van der Waals surface area contributed by atoms with Gasteiger partial charge in [-0.25, -0.2) is 0 Å². The van der Waals surface area contributed by atoms with E-state index in [0.29, 0.717) is 12.4 Å². The van der Waals surface area contributed by atoms with Crippen LogP contribution in [0.25, 0.3) is 0 Å². The summed E-state index contributed by atoms with van der Waals surface area (Å²) in [6.07, 6.45) is 1.51. The minimum atomic E-state index is -0.276. The second kappa shape index (κ2) is 16.4. The highest BCUT2D eigenvalue weighted by atomic mass is 32.1. The van der Waals surface area contributed by atoms with Gasteiger partial charge in [0.15, 0.2) is 0 Å². The normalized spacial score (nSPS) is 9.52. The van der Waals surface area contributed by atoms with Crippen molar-refractivity contribution in [2.45, 2.75) is 33.2 Å². The molecular formula is C17H29N5O2S. The molecule has 2 amide bonds. The van der Waals surface area contributed by atoms with Crippen molar-refractivity contribution in [1.29, 1.82) is 0 Å². The van der Waals surface area contributed by atoms with Gasteiger partial charge in [-0.2, -0.15) is 0 Å². The van der Waals surface area contributed by atoms with Crippen LogP contribution in [0.15, 0.2) is 42.0 Å². The summed E-state index contributed by atoms with van der Waals surface area (Å²) >= 11 is 3.61. The first-order valence-corrected chi connectivity index (χ1v) is 8.27. The van der Waals surface area contributed by atoms with E-state index < -0.39 is 0 Å². The topological polar surface area (TPSA) is 123 Å². The Morgan fingerprint density at radius 3 is 2.12 bits per heavy atom. The molecule has 0 saturated carbocycles. The van der Waals surface area contributed by atoms with Crippen LogP contribution in [0.2, 0.25) is 0 Å². The molecule has 25 heavy (non-hydrogen) atoms. The summed E-state index contributed by atoms with van der Waals surface area (Å²) in [6.45, 7) is 7.55. The smallest absolute Gasteiger partial charge is 0.230 e. The van der Waals surface area contributed by atoms with Crippen molar-refractivity contribution < 1.29 is 9.59 Å². The van der Waals surface area contributed by atoms with Crippen molar-refractivity contribution in [3.05, 3.63) is 48.2 Å². The lowest BCUT2D eigenvalue weighted by Gasteiger charge is -2.06. The summed E-state index contributed by atoms with van der Waals surface area (Å²) in [5.74, 6) is 0.0150. The molecule has 6 N–H and O–H groups in total. The van der Waals surface area contributed by atoms with E-state index in [2.05, 4.69) is 40.2 Å². The van der Waals surface area contributed by atoms with Gasteiger partial charge in [0.2, 0.25) is 11.8 Å². The van der Waals surface area contributed by atoms with E-state index in [1.54, 1.807) is 7.05 Å². The number of nitrogens with two attached hydrogens (primary N) is 2. The summed E-state index contributed by atoms with van der Waals surface area (Å²) in [5, 5.41) is 2.74. The number of amides is 2. The molecule has 0 aliphatic carbocycles. The average Bonchev–Trinajstić information content (AvgIpc) is 2.66. The third kappa shape index (κ3) is 12.6. The highest BCUT2D eigenvalue weighted by Crippen LogP contribution is 2.04. The summed E-state index contributed by atoms with van der Waals surface area (Å²) < 4.78 is 2.17. The largest absolute Gasteiger partial charge is 0.405 e. The van der Waals surface area contributed by atoms with Gasteiger partial charge >= 0.3 is 0 Å². The van der Waals surface area contributed by atoms with Crippen molar-refractivity contribution in [3.63, 3.8) is 0 Å². The number of thiol groups is 1. The van der Waals surface area contributed by atoms with E-state index in [0.717, 1.165) is 11.1 Å². The standard InChI is InChI=1S/C13H18N4O2S.C2H5N.C2H6/c1-15-13(14)10-4-2-9(3-5-10)8-16-11(18)6-7-12(19)17-20;1-2-3;1-2/h2-5,20H,6-8H2,1H3,(H2,14,15)(H,16,18)(H,17,19);2H,1,3H2;1-2H3. The predicted octanol–water partition coefficient (Wildman–Crippen LogP) is 1.49. The highest BCUT2D eigenvalue weighted by molar-refractivity contribution is 7.78. The molecule has 7 nitrogen and oxygen atoms in total. The van der Waals surface area contributed by atoms with E-state index in [1.807, 2.05) is 38.1 Å². The first-order chi connectivity index (χ1) is 12.0. The van der Waals surface area contributed by atoms with Crippen molar-refractivity contribution in [3.8, 4) is 0 Å². The highest BCUT2D eigenvalue weighted by Gasteiger charge is 2.05. The first kappa shape index (κ1) is 24.8. The second-order valence-corrected chi connectivity index (χ2v) is 4.58. The van der Waals surface area contributed by atoms with E-state index in [-0.39, 0.29) is 24.7 Å². The monoisotopic (exact) mass is 367 g/mol. The number of rotatable bonds is 6. The fourth-order valence-electron chi connectivity index (χ4n) is 1.49. The number of nitrogens with one attached hydrogen (secondary N) is 2. The molecule has 8 heteroatoms. The van der Waals surface area contributed by atoms with Crippen LogP contribution in [0, 0.1) is 0 Å². The zero-order chi connectivity index (χ0) is 19.7. The number of amidine groups is 1. The average molecular weight is 368 g/mol. The van der Waals surface area contributed by atoms with E-state index in [4.69, 9.17) is 5.73 Å². The van der Waals surface area contributed by atoms with Gasteiger partial charge < -0.3 is 21.5 Å². The predicted molar refractivity (Wildman–Crippen MR) is 107 cm³/mol. The third-order valence-electron chi connectivity index (χ3n) is 2.68. The number of hydrogen-bond donors (Lipinski definition) is 5. The Kier molecular flexibility index (Phi) is 16.2. The van der Waals surface area contributed by atoms with Gasteiger partial charge in [-0.15, -0.1) is 0 Å². The summed E-state index contributed by atoms with van der Waals surface area (Å²) in [4.78, 5) is 26.3. The van der Waals surface area contributed by atoms with Gasteiger partial charge in [0, 0.05) is 32.0 Å². The third-order valence-corrected chi connectivity index (χ3v) is 2.93. The Morgan fingerprint density at radius 1 is 1.20 bits per heavy atom. The Balaban J connectivity index is 0. The van der Waals surface area contributed by atoms with Crippen LogP contribution in [0.3, 0.4) is 0 Å². The van der Waals surface area contributed by atoms with E-state index in [9.17, 15) is 9.59 Å². The number of carbonyl (C=O) groups excluding carboxylic acids is 2. The van der Waals surface area contributed by atoms with Crippen LogP contribution in [-0.2, 0) is 16.1 Å². The molecule has 0 aromatic heterocycles. The molecule has 0 atom stereocenters. The van der Waals surface area contributed by atoms with Gasteiger partial charge in [0.05, 0.1) is 0 Å². The van der Waals surface area contributed by atoms with Gasteiger partial charge in [0.1, 0.15) is 5.84 Å². The Labute approximate surface area is 155 Å². The number of aliphatic imine (C=N–C) groups is 1. The first-order valence-electron chi connectivity index (χ1n) is 7.82. The second-order valence-electron chi connectivity index (χ2n) is 4.35. The number of nitrogens with zero attached hydrogens (tertiary/aromatic N) is 1. The fourth-order valence-corrected chi connectivity index (χ4v) is 1.61. The van der Waals surface area contributed by atoms with Crippen LogP contribution in [0.4, 0.5) is 0 Å². The Hall–Kier alpha value is -2.48. The van der Waals surface area contributed by atoms with Crippen LogP contribution in [0.1, 0.15) is 37.8 Å². The molecule has 0 saturated heterocycles. The Bertz CT molecular complexity index is 544. The SMILES string of the molecule is C=CN.CC.CN=C(N)c1ccc(CNC(=O)CCC(=O)NS)cc1. The number of carbonyl (C=O) groups is 2. The molecule has 1 rings (SSSR count). The van der Waals surface area contributed by atoms with Crippen LogP contribution in [0.5, 0.6) is 0 Å². The van der Waals surface area contributed by atoms with Crippen molar-refractivity contribution >= 4 is 30.5 Å². The minimum Gasteiger partial charge on any atom is -0.405 e. The molecule has 0 aliphatic rings. The van der Waals surface area contributed by atoms with Crippen LogP contribution < -0.4 is 21.5 Å².